The Bertz CT molecular complexity index is 1990. The van der Waals surface area contributed by atoms with Gasteiger partial charge in [-0.1, -0.05) is 12.0 Å². The second kappa shape index (κ2) is 13.1. The van der Waals surface area contributed by atoms with Gasteiger partial charge in [0.15, 0.2) is 12.6 Å². The lowest BCUT2D eigenvalue weighted by atomic mass is 9.95. The molecule has 4 atom stereocenters. The summed E-state index contributed by atoms with van der Waals surface area (Å²) in [4.78, 5) is 18.9. The van der Waals surface area contributed by atoms with Crippen LogP contribution in [0.3, 0.4) is 0 Å². The smallest absolute Gasteiger partial charge is 0.319 e. The van der Waals surface area contributed by atoms with Crippen molar-refractivity contribution in [2.24, 2.45) is 11.8 Å². The number of anilines is 1. The number of hydrogen-bond donors (Lipinski definition) is 1. The van der Waals surface area contributed by atoms with Crippen LogP contribution in [0.15, 0.2) is 24.3 Å². The molecule has 1 N–H and O–H groups in total. The molecule has 10 nitrogen and oxygen atoms in total. The molecule has 5 heterocycles. The van der Waals surface area contributed by atoms with Crippen LogP contribution >= 0.6 is 0 Å². The van der Waals surface area contributed by atoms with Gasteiger partial charge in [0.25, 0.3) is 0 Å². The predicted molar refractivity (Wildman–Crippen MR) is 184 cm³/mol. The van der Waals surface area contributed by atoms with Crippen LogP contribution in [0.1, 0.15) is 50.5 Å². The van der Waals surface area contributed by atoms with Gasteiger partial charge < -0.3 is 29.0 Å². The van der Waals surface area contributed by atoms with Crippen LogP contribution in [-0.4, -0.2) is 90.4 Å². The van der Waals surface area contributed by atoms with Crippen LogP contribution in [0.2, 0.25) is 0 Å². The topological polar surface area (TPSA) is 102 Å². The van der Waals surface area contributed by atoms with Crippen LogP contribution in [-0.2, 0) is 4.74 Å². The molecule has 3 saturated heterocycles. The zero-order valence-corrected chi connectivity index (χ0v) is 28.4. The number of methoxy groups -OCH3 is 2. The third kappa shape index (κ3) is 5.47. The fraction of sp³-hybridized carbons (Fsp3) is 0.500. The lowest BCUT2D eigenvalue weighted by Gasteiger charge is -2.35. The third-order valence-electron chi connectivity index (χ3n) is 11.3. The van der Waals surface area contributed by atoms with Crippen molar-refractivity contribution in [2.75, 3.05) is 58.8 Å². The van der Waals surface area contributed by atoms with E-state index in [2.05, 4.69) is 15.7 Å². The Kier molecular flexibility index (Phi) is 8.61. The maximum absolute atomic E-state index is 17.3. The van der Waals surface area contributed by atoms with Gasteiger partial charge >= 0.3 is 6.01 Å². The number of benzene rings is 2. The van der Waals surface area contributed by atoms with Crippen molar-refractivity contribution in [1.82, 2.24) is 19.9 Å². The fourth-order valence-electron chi connectivity index (χ4n) is 9.06. The first-order valence-electron chi connectivity index (χ1n) is 17.4. The minimum absolute atomic E-state index is 0.0137. The fourth-order valence-corrected chi connectivity index (χ4v) is 9.06. The molecule has 0 spiro atoms. The van der Waals surface area contributed by atoms with Crippen molar-refractivity contribution in [3.63, 3.8) is 0 Å². The number of aromatic nitrogens is 3. The maximum Gasteiger partial charge on any atom is 0.319 e. The first-order chi connectivity index (χ1) is 24.4. The van der Waals surface area contributed by atoms with Gasteiger partial charge in [0.1, 0.15) is 40.6 Å². The van der Waals surface area contributed by atoms with Gasteiger partial charge in [-0.2, -0.15) is 9.97 Å². The molecule has 4 fully saturated rings. The molecule has 8 rings (SSSR count). The highest BCUT2D eigenvalue weighted by Crippen LogP contribution is 2.46. The molecule has 262 valence electrons. The van der Waals surface area contributed by atoms with Gasteiger partial charge in [-0.25, -0.2) is 13.8 Å². The van der Waals surface area contributed by atoms with E-state index in [-0.39, 0.29) is 59.2 Å². The summed E-state index contributed by atoms with van der Waals surface area (Å²) >= 11 is 0. The standard InChI is InChI=1S/C38H41F2N5O5/c1-4-27-29(39)9-8-24-15-26(50-21-47-2)16-28(30(24)27)33-32(40)34-31(36(41-33)48-3)35(44-17-22-6-7-23(14-22)18-44)43-37(42-34)49-20-38-11-5-13-45(38)25(19-46)10-12-38/h1,8-9,15-16,22-23,25,46H,5-7,10-14,17-21H2,2-3H3/t22?,23?,25-,38-/m1/s1. The molecule has 2 bridgehead atoms. The van der Waals surface area contributed by atoms with Crippen molar-refractivity contribution in [3.8, 4) is 41.2 Å². The summed E-state index contributed by atoms with van der Waals surface area (Å²) in [5.41, 5.74) is -0.169. The van der Waals surface area contributed by atoms with E-state index in [1.165, 1.54) is 26.7 Å². The van der Waals surface area contributed by atoms with Gasteiger partial charge in [0.2, 0.25) is 5.88 Å². The number of hydrogen-bond acceptors (Lipinski definition) is 10. The average molecular weight is 686 g/mol. The van der Waals surface area contributed by atoms with Crippen LogP contribution in [0, 0.1) is 35.8 Å². The minimum atomic E-state index is -0.742. The molecule has 2 aromatic heterocycles. The van der Waals surface area contributed by atoms with Crippen molar-refractivity contribution in [1.29, 1.82) is 0 Å². The van der Waals surface area contributed by atoms with Crippen LogP contribution in [0.5, 0.6) is 17.6 Å². The Morgan fingerprint density at radius 2 is 1.84 bits per heavy atom. The molecular weight excluding hydrogens is 644 g/mol. The summed E-state index contributed by atoms with van der Waals surface area (Å²) in [5, 5.41) is 11.2. The molecule has 0 amide bonds. The second-order valence-electron chi connectivity index (χ2n) is 14.2. The number of piperidine rings is 1. The number of aliphatic hydroxyl groups excluding tert-OH is 1. The van der Waals surface area contributed by atoms with E-state index in [1.54, 1.807) is 18.2 Å². The highest BCUT2D eigenvalue weighted by Gasteiger charge is 2.49. The molecule has 50 heavy (non-hydrogen) atoms. The normalized spacial score (nSPS) is 24.6. The van der Waals surface area contributed by atoms with E-state index in [1.807, 2.05) is 0 Å². The summed E-state index contributed by atoms with van der Waals surface area (Å²) in [6.07, 6.45) is 13.0. The highest BCUT2D eigenvalue weighted by atomic mass is 19.1. The highest BCUT2D eigenvalue weighted by molar-refractivity contribution is 6.04. The number of ether oxygens (including phenoxy) is 4. The largest absolute Gasteiger partial charge is 0.480 e. The Labute approximate surface area is 289 Å². The van der Waals surface area contributed by atoms with Gasteiger partial charge in [0.05, 0.1) is 24.8 Å². The summed E-state index contributed by atoms with van der Waals surface area (Å²) in [7, 11) is 2.97. The van der Waals surface area contributed by atoms with E-state index >= 15 is 8.78 Å². The van der Waals surface area contributed by atoms with E-state index in [0.717, 1.165) is 58.2 Å². The van der Waals surface area contributed by atoms with Crippen molar-refractivity contribution >= 4 is 27.5 Å². The van der Waals surface area contributed by atoms with Gasteiger partial charge in [-0.15, -0.1) is 6.42 Å². The summed E-state index contributed by atoms with van der Waals surface area (Å²) < 4.78 is 55.7. The van der Waals surface area contributed by atoms with Gasteiger partial charge in [-0.3, -0.25) is 4.90 Å². The van der Waals surface area contributed by atoms with E-state index in [0.29, 0.717) is 46.2 Å². The first kappa shape index (κ1) is 32.9. The number of halogens is 2. The van der Waals surface area contributed by atoms with Crippen LogP contribution in [0.25, 0.3) is 32.9 Å². The zero-order chi connectivity index (χ0) is 34.6. The SMILES string of the molecule is C#Cc1c(F)ccc2cc(OCOC)cc(-c3nc(OC)c4c(N5CC6CCC(C6)C5)nc(OC[C@]56CCCN5[C@@H](CO)CC6)nc4c3F)c12. The van der Waals surface area contributed by atoms with Crippen molar-refractivity contribution in [3.05, 3.63) is 41.5 Å². The summed E-state index contributed by atoms with van der Waals surface area (Å²) in [5.74, 6) is 3.14. The Morgan fingerprint density at radius 1 is 1.02 bits per heavy atom. The summed E-state index contributed by atoms with van der Waals surface area (Å²) in [6.45, 7) is 2.83. The number of nitrogens with zero attached hydrogens (tertiary/aromatic N) is 5. The maximum atomic E-state index is 17.3. The first-order valence-corrected chi connectivity index (χ1v) is 17.4. The molecule has 3 aliphatic heterocycles. The van der Waals surface area contributed by atoms with Crippen molar-refractivity contribution < 1.29 is 32.8 Å². The van der Waals surface area contributed by atoms with E-state index in [4.69, 9.17) is 40.3 Å². The lowest BCUT2D eigenvalue weighted by Crippen LogP contribution is -2.47. The molecular formula is C38H41F2N5O5. The Hall–Kier alpha value is -4.31. The number of fused-ring (bicyclic) bond motifs is 5. The monoisotopic (exact) mass is 685 g/mol. The zero-order valence-electron chi connectivity index (χ0n) is 28.4. The molecule has 4 aromatic rings. The Morgan fingerprint density at radius 3 is 2.58 bits per heavy atom. The minimum Gasteiger partial charge on any atom is -0.480 e. The van der Waals surface area contributed by atoms with Crippen LogP contribution in [0.4, 0.5) is 14.6 Å². The Balaban J connectivity index is 1.31. The number of terminal acetylenes is 1. The predicted octanol–water partition coefficient (Wildman–Crippen LogP) is 5.70. The molecule has 0 radical (unpaired) electrons. The van der Waals surface area contributed by atoms with Crippen LogP contribution < -0.4 is 19.1 Å². The second-order valence-corrected chi connectivity index (χ2v) is 14.2. The number of pyridine rings is 1. The molecule has 12 heteroatoms. The molecule has 1 aliphatic carbocycles. The van der Waals surface area contributed by atoms with Gasteiger partial charge in [-0.05, 0) is 86.9 Å². The molecule has 1 saturated carbocycles. The lowest BCUT2D eigenvalue weighted by molar-refractivity contribution is 0.0512. The van der Waals surface area contributed by atoms with E-state index in [9.17, 15) is 5.11 Å². The quantitative estimate of drug-likeness (QED) is 0.165. The molecule has 2 unspecified atom stereocenters. The summed E-state index contributed by atoms with van der Waals surface area (Å²) in [6, 6.07) is 6.28. The third-order valence-corrected chi connectivity index (χ3v) is 11.3. The number of aliphatic hydroxyl groups is 1. The average Bonchev–Trinajstić information content (AvgIpc) is 3.81. The number of rotatable bonds is 10. The van der Waals surface area contributed by atoms with Gasteiger partial charge in [0, 0.05) is 37.2 Å². The molecule has 2 aromatic carbocycles. The van der Waals surface area contributed by atoms with Crippen molar-refractivity contribution in [2.45, 2.75) is 56.5 Å². The molecule has 4 aliphatic rings. The van der Waals surface area contributed by atoms with E-state index < -0.39 is 11.6 Å².